The van der Waals surface area contributed by atoms with Gasteiger partial charge in [0.05, 0.1) is 0 Å². The molecule has 20 heavy (non-hydrogen) atoms. The van der Waals surface area contributed by atoms with E-state index in [4.69, 9.17) is 5.73 Å². The molecule has 1 aromatic heterocycles. The van der Waals surface area contributed by atoms with Crippen LogP contribution in [0.25, 0.3) is 0 Å². The van der Waals surface area contributed by atoms with Gasteiger partial charge in [-0.2, -0.15) is 0 Å². The lowest BCUT2D eigenvalue weighted by Gasteiger charge is -2.35. The fraction of sp³-hybridized carbons (Fsp3) is 0.429. The maximum absolute atomic E-state index is 11.3. The van der Waals surface area contributed by atoms with E-state index in [1.165, 1.54) is 0 Å². The zero-order chi connectivity index (χ0) is 14.5. The number of rotatable bonds is 4. The summed E-state index contributed by atoms with van der Waals surface area (Å²) in [6, 6.07) is 3.78. The van der Waals surface area contributed by atoms with E-state index in [1.54, 1.807) is 19.5 Å². The Kier molecular flexibility index (Phi) is 4.55. The average molecular weight is 275 g/mol. The Morgan fingerprint density at radius 2 is 2.05 bits per heavy atom. The number of hydrogen-bond acceptors (Lipinski definition) is 4. The number of anilines is 1. The summed E-state index contributed by atoms with van der Waals surface area (Å²) in [4.78, 5) is 30.4. The van der Waals surface area contributed by atoms with Gasteiger partial charge in [0.25, 0.3) is 0 Å². The zero-order valence-corrected chi connectivity index (χ0v) is 11.6. The van der Waals surface area contributed by atoms with Crippen LogP contribution in [0.15, 0.2) is 18.3 Å². The lowest BCUT2D eigenvalue weighted by molar-refractivity contribution is -0.129. The molecule has 2 N–H and O–H groups in total. The van der Waals surface area contributed by atoms with Gasteiger partial charge in [0.1, 0.15) is 5.82 Å². The van der Waals surface area contributed by atoms with Crippen molar-refractivity contribution in [2.45, 2.75) is 13.3 Å². The van der Waals surface area contributed by atoms with Gasteiger partial charge in [-0.25, -0.2) is 4.98 Å². The highest BCUT2D eigenvalue weighted by atomic mass is 16.2. The summed E-state index contributed by atoms with van der Waals surface area (Å²) < 4.78 is 0. The molecule has 6 heteroatoms. The van der Waals surface area contributed by atoms with E-state index in [9.17, 15) is 9.59 Å². The molecule has 1 aromatic rings. The molecule has 0 aromatic carbocycles. The molecule has 1 aliphatic rings. The van der Waals surface area contributed by atoms with E-state index in [1.807, 2.05) is 17.0 Å². The van der Waals surface area contributed by atoms with Crippen LogP contribution >= 0.6 is 0 Å². The van der Waals surface area contributed by atoms with E-state index in [2.05, 4.69) is 9.88 Å². The molecule has 6 nitrogen and oxygen atoms in total. The highest BCUT2D eigenvalue weighted by Crippen LogP contribution is 2.16. The minimum absolute atomic E-state index is 0.112. The van der Waals surface area contributed by atoms with Crippen molar-refractivity contribution in [1.29, 1.82) is 0 Å². The third-order valence-corrected chi connectivity index (χ3v) is 3.36. The van der Waals surface area contributed by atoms with Gasteiger partial charge in [0, 0.05) is 52.1 Å². The highest BCUT2D eigenvalue weighted by molar-refractivity contribution is 5.75. The molecule has 1 saturated heterocycles. The van der Waals surface area contributed by atoms with Gasteiger partial charge in [-0.3, -0.25) is 9.59 Å². The van der Waals surface area contributed by atoms with Crippen LogP contribution in [0.3, 0.4) is 0 Å². The fourth-order valence-corrected chi connectivity index (χ4v) is 2.20. The van der Waals surface area contributed by atoms with E-state index in [0.29, 0.717) is 13.1 Å². The number of amides is 2. The standard InChI is InChI=1S/C14H19N4O2/c1-11(19)17-6-8-18(9-7-17)14-10-12(4-5-16-14)2-3-13(15)20/h2,4-5,10H,3,6-9H2,1H3,(H2,15,20). The first kappa shape index (κ1) is 14.3. The summed E-state index contributed by atoms with van der Waals surface area (Å²) in [7, 11) is 0. The normalized spacial score (nSPS) is 15.2. The minimum atomic E-state index is -0.349. The van der Waals surface area contributed by atoms with Crippen molar-refractivity contribution in [1.82, 2.24) is 9.88 Å². The summed E-state index contributed by atoms with van der Waals surface area (Å²) in [5, 5.41) is 0. The van der Waals surface area contributed by atoms with Crippen molar-refractivity contribution in [2.24, 2.45) is 5.73 Å². The van der Waals surface area contributed by atoms with Gasteiger partial charge >= 0.3 is 0 Å². The smallest absolute Gasteiger partial charge is 0.219 e. The van der Waals surface area contributed by atoms with Gasteiger partial charge in [0.15, 0.2) is 0 Å². The lowest BCUT2D eigenvalue weighted by Crippen LogP contribution is -2.48. The second-order valence-corrected chi connectivity index (χ2v) is 4.82. The first-order chi connectivity index (χ1) is 9.56. The van der Waals surface area contributed by atoms with Crippen LogP contribution in [-0.4, -0.2) is 47.9 Å². The molecule has 0 bridgehead atoms. The van der Waals surface area contributed by atoms with Gasteiger partial charge in [-0.15, -0.1) is 0 Å². The third kappa shape index (κ3) is 3.69. The molecule has 2 heterocycles. The summed E-state index contributed by atoms with van der Waals surface area (Å²) in [5.41, 5.74) is 6.06. The molecule has 0 unspecified atom stereocenters. The number of carbonyl (C=O) groups excluding carboxylic acids is 2. The molecule has 1 fully saturated rings. The van der Waals surface area contributed by atoms with Crippen molar-refractivity contribution in [3.05, 3.63) is 30.3 Å². The van der Waals surface area contributed by atoms with E-state index < -0.39 is 0 Å². The zero-order valence-electron chi connectivity index (χ0n) is 11.6. The van der Waals surface area contributed by atoms with E-state index in [-0.39, 0.29) is 18.2 Å². The van der Waals surface area contributed by atoms with E-state index >= 15 is 0 Å². The molecule has 0 atom stereocenters. The molecule has 1 radical (unpaired) electrons. The first-order valence-corrected chi connectivity index (χ1v) is 6.64. The third-order valence-electron chi connectivity index (χ3n) is 3.36. The summed E-state index contributed by atoms with van der Waals surface area (Å²) in [6.45, 7) is 4.56. The van der Waals surface area contributed by atoms with Crippen LogP contribution in [0.2, 0.25) is 0 Å². The topological polar surface area (TPSA) is 79.5 Å². The fourth-order valence-electron chi connectivity index (χ4n) is 2.20. The Balaban J connectivity index is 1.97. The van der Waals surface area contributed by atoms with Gasteiger partial charge in [0.2, 0.25) is 11.8 Å². The molecule has 1 aliphatic heterocycles. The van der Waals surface area contributed by atoms with E-state index in [0.717, 1.165) is 24.5 Å². The van der Waals surface area contributed by atoms with Crippen molar-refractivity contribution < 1.29 is 9.59 Å². The van der Waals surface area contributed by atoms with Crippen molar-refractivity contribution >= 4 is 17.6 Å². The van der Waals surface area contributed by atoms with Crippen molar-refractivity contribution in [2.75, 3.05) is 31.1 Å². The van der Waals surface area contributed by atoms with Gasteiger partial charge in [-0.05, 0) is 17.7 Å². The maximum atomic E-state index is 11.3. The monoisotopic (exact) mass is 275 g/mol. The van der Waals surface area contributed by atoms with Gasteiger partial charge in [-0.1, -0.05) is 0 Å². The molecular weight excluding hydrogens is 256 g/mol. The van der Waals surface area contributed by atoms with Crippen LogP contribution in [0.1, 0.15) is 18.9 Å². The number of pyridine rings is 1. The second kappa shape index (κ2) is 6.36. The van der Waals surface area contributed by atoms with Crippen molar-refractivity contribution in [3.63, 3.8) is 0 Å². The first-order valence-electron chi connectivity index (χ1n) is 6.64. The van der Waals surface area contributed by atoms with Gasteiger partial charge < -0.3 is 15.5 Å². The lowest BCUT2D eigenvalue weighted by atomic mass is 10.1. The van der Waals surface area contributed by atoms with Crippen LogP contribution in [0.4, 0.5) is 5.82 Å². The van der Waals surface area contributed by atoms with Crippen LogP contribution < -0.4 is 10.6 Å². The number of hydrogen-bond donors (Lipinski definition) is 1. The summed E-state index contributed by atoms with van der Waals surface area (Å²) in [6.07, 6.45) is 3.74. The Morgan fingerprint density at radius 1 is 1.35 bits per heavy atom. The Bertz CT molecular complexity index is 496. The highest BCUT2D eigenvalue weighted by Gasteiger charge is 2.19. The van der Waals surface area contributed by atoms with Crippen LogP contribution in [0.5, 0.6) is 0 Å². The molecule has 2 amide bonds. The SMILES string of the molecule is CC(=O)N1CCN(c2cc([CH]CC(N)=O)ccn2)CC1. The number of nitrogens with two attached hydrogens (primary N) is 1. The molecular formula is C14H19N4O2. The average Bonchev–Trinajstić information content (AvgIpc) is 2.45. The number of nitrogens with zero attached hydrogens (tertiary/aromatic N) is 3. The molecule has 0 saturated carbocycles. The Hall–Kier alpha value is -2.11. The molecule has 0 spiro atoms. The van der Waals surface area contributed by atoms with Crippen LogP contribution in [0, 0.1) is 6.42 Å². The number of piperazine rings is 1. The predicted molar refractivity (Wildman–Crippen MR) is 75.9 cm³/mol. The quantitative estimate of drug-likeness (QED) is 0.850. The Labute approximate surface area is 118 Å². The van der Waals surface area contributed by atoms with Crippen molar-refractivity contribution in [3.8, 4) is 0 Å². The minimum Gasteiger partial charge on any atom is -0.370 e. The summed E-state index contributed by atoms with van der Waals surface area (Å²) >= 11 is 0. The molecule has 2 rings (SSSR count). The number of carbonyl (C=O) groups is 2. The molecule has 107 valence electrons. The largest absolute Gasteiger partial charge is 0.370 e. The summed E-state index contributed by atoms with van der Waals surface area (Å²) in [5.74, 6) is 0.631. The van der Waals surface area contributed by atoms with Crippen LogP contribution in [-0.2, 0) is 9.59 Å². The Morgan fingerprint density at radius 3 is 2.65 bits per heavy atom. The maximum Gasteiger partial charge on any atom is 0.219 e. The number of primary amides is 1. The predicted octanol–water partition coefficient (Wildman–Crippen LogP) is 0.178. The second-order valence-electron chi connectivity index (χ2n) is 4.82. The number of aromatic nitrogens is 1. The molecule has 0 aliphatic carbocycles.